The van der Waals surface area contributed by atoms with Gasteiger partial charge in [-0.25, -0.2) is 9.78 Å². The molecule has 23 heavy (non-hydrogen) atoms. The average Bonchev–Trinajstić information content (AvgIpc) is 3.11. The van der Waals surface area contributed by atoms with Gasteiger partial charge in [-0.3, -0.25) is 9.69 Å². The Kier molecular flexibility index (Phi) is 4.18. The fourth-order valence-electron chi connectivity index (χ4n) is 2.71. The van der Waals surface area contributed by atoms with E-state index in [0.29, 0.717) is 25.6 Å². The third-order valence-electron chi connectivity index (χ3n) is 3.95. The Labute approximate surface area is 134 Å². The van der Waals surface area contributed by atoms with Crippen molar-refractivity contribution >= 4 is 28.9 Å². The molecule has 3 amide bonds. The second-order valence-corrected chi connectivity index (χ2v) is 5.67. The van der Waals surface area contributed by atoms with Crippen molar-refractivity contribution in [1.29, 1.82) is 0 Å². The van der Waals surface area contributed by atoms with E-state index in [1.54, 1.807) is 11.8 Å². The van der Waals surface area contributed by atoms with Crippen LogP contribution in [0.3, 0.4) is 0 Å². The topological polar surface area (TPSA) is 79.3 Å². The van der Waals surface area contributed by atoms with Crippen LogP contribution < -0.4 is 15.5 Å². The number of imidazole rings is 1. The van der Waals surface area contributed by atoms with Crippen LogP contribution in [0.5, 0.6) is 0 Å². The minimum absolute atomic E-state index is 0.173. The third-order valence-corrected chi connectivity index (χ3v) is 3.95. The summed E-state index contributed by atoms with van der Waals surface area (Å²) >= 11 is 0. The highest BCUT2D eigenvalue weighted by atomic mass is 16.2. The molecule has 1 unspecified atom stereocenters. The Bertz CT molecular complexity index is 739. The standard InChI is InChI=1S/C16H21N5O2/c1-3-8-17-14(22)11(2)18-16(23)21-10-9-20-13-7-5-4-6-12(13)19-15(20)21/h4-7,11H,3,8-10H2,1-2H3,(H,17,22)(H,18,23). The molecule has 3 rings (SSSR count). The van der Waals surface area contributed by atoms with Crippen LogP contribution in [0.25, 0.3) is 11.0 Å². The average molecular weight is 315 g/mol. The van der Waals surface area contributed by atoms with Crippen LogP contribution >= 0.6 is 0 Å². The lowest BCUT2D eigenvalue weighted by Crippen LogP contribution is -2.49. The molecule has 1 aliphatic heterocycles. The lowest BCUT2D eigenvalue weighted by Gasteiger charge is -2.19. The van der Waals surface area contributed by atoms with Crippen molar-refractivity contribution in [2.24, 2.45) is 0 Å². The minimum Gasteiger partial charge on any atom is -0.354 e. The number of hydrogen-bond donors (Lipinski definition) is 2. The van der Waals surface area contributed by atoms with E-state index < -0.39 is 6.04 Å². The maximum atomic E-state index is 12.5. The molecule has 7 nitrogen and oxygen atoms in total. The maximum Gasteiger partial charge on any atom is 0.324 e. The summed E-state index contributed by atoms with van der Waals surface area (Å²) in [6.07, 6.45) is 0.864. The van der Waals surface area contributed by atoms with E-state index in [9.17, 15) is 9.59 Å². The fraction of sp³-hybridized carbons (Fsp3) is 0.438. The first kappa shape index (κ1) is 15.3. The number of carbonyl (C=O) groups excluding carboxylic acids is 2. The van der Waals surface area contributed by atoms with Crippen molar-refractivity contribution in [3.63, 3.8) is 0 Å². The first-order valence-electron chi connectivity index (χ1n) is 7.93. The normalized spacial score (nSPS) is 14.6. The van der Waals surface area contributed by atoms with E-state index >= 15 is 0 Å². The number of rotatable bonds is 4. The number of amides is 3. The van der Waals surface area contributed by atoms with Gasteiger partial charge in [0.25, 0.3) is 0 Å². The molecule has 0 bridgehead atoms. The fourth-order valence-corrected chi connectivity index (χ4v) is 2.71. The monoisotopic (exact) mass is 315 g/mol. The van der Waals surface area contributed by atoms with Crippen molar-refractivity contribution in [2.75, 3.05) is 18.0 Å². The summed E-state index contributed by atoms with van der Waals surface area (Å²) in [6, 6.07) is 6.94. The molecule has 0 aliphatic carbocycles. The molecule has 0 saturated carbocycles. The minimum atomic E-state index is -0.576. The van der Waals surface area contributed by atoms with Gasteiger partial charge >= 0.3 is 6.03 Å². The van der Waals surface area contributed by atoms with Crippen molar-refractivity contribution in [3.05, 3.63) is 24.3 Å². The molecule has 2 heterocycles. The molecule has 0 radical (unpaired) electrons. The SMILES string of the molecule is CCCNC(=O)C(C)NC(=O)N1CCn2c1nc1ccccc12. The maximum absolute atomic E-state index is 12.5. The molecule has 1 aromatic heterocycles. The number of carbonyl (C=O) groups is 2. The predicted octanol–water partition coefficient (Wildman–Crippen LogP) is 1.48. The summed E-state index contributed by atoms with van der Waals surface area (Å²) in [5.41, 5.74) is 1.89. The van der Waals surface area contributed by atoms with Gasteiger partial charge in [-0.05, 0) is 25.5 Å². The van der Waals surface area contributed by atoms with Crippen LogP contribution in [0.1, 0.15) is 20.3 Å². The highest BCUT2D eigenvalue weighted by Crippen LogP contribution is 2.26. The Hall–Kier alpha value is -2.57. The number of nitrogens with zero attached hydrogens (tertiary/aromatic N) is 3. The van der Waals surface area contributed by atoms with Crippen LogP contribution in [0, 0.1) is 0 Å². The Morgan fingerprint density at radius 3 is 2.87 bits per heavy atom. The second kappa shape index (κ2) is 6.28. The van der Waals surface area contributed by atoms with E-state index in [1.165, 1.54) is 0 Å². The Balaban J connectivity index is 1.72. The largest absolute Gasteiger partial charge is 0.354 e. The molecule has 2 aromatic rings. The molecule has 2 N–H and O–H groups in total. The lowest BCUT2D eigenvalue weighted by molar-refractivity contribution is -0.122. The molecule has 1 atom stereocenters. The number of urea groups is 1. The molecule has 1 aromatic carbocycles. The van der Waals surface area contributed by atoms with Gasteiger partial charge in [0.1, 0.15) is 6.04 Å². The quantitative estimate of drug-likeness (QED) is 0.897. The van der Waals surface area contributed by atoms with Crippen LogP contribution in [0.2, 0.25) is 0 Å². The number of hydrogen-bond acceptors (Lipinski definition) is 3. The zero-order valence-electron chi connectivity index (χ0n) is 13.4. The number of benzene rings is 1. The Morgan fingerprint density at radius 1 is 1.30 bits per heavy atom. The summed E-state index contributed by atoms with van der Waals surface area (Å²) in [6.45, 7) is 5.54. The zero-order valence-corrected chi connectivity index (χ0v) is 13.4. The number of para-hydroxylation sites is 2. The molecule has 0 saturated heterocycles. The van der Waals surface area contributed by atoms with Gasteiger partial charge in [-0.2, -0.15) is 0 Å². The molecule has 7 heteroatoms. The number of anilines is 1. The van der Waals surface area contributed by atoms with Crippen molar-refractivity contribution in [3.8, 4) is 0 Å². The van der Waals surface area contributed by atoms with Crippen LogP contribution in [-0.2, 0) is 11.3 Å². The van der Waals surface area contributed by atoms with Gasteiger partial charge in [0.2, 0.25) is 11.9 Å². The number of fused-ring (bicyclic) bond motifs is 3. The zero-order chi connectivity index (χ0) is 16.4. The molecular weight excluding hydrogens is 294 g/mol. The van der Waals surface area contributed by atoms with Gasteiger partial charge in [0, 0.05) is 19.6 Å². The van der Waals surface area contributed by atoms with Crippen molar-refractivity contribution in [2.45, 2.75) is 32.9 Å². The van der Waals surface area contributed by atoms with Crippen LogP contribution in [-0.4, -0.2) is 40.6 Å². The highest BCUT2D eigenvalue weighted by Gasteiger charge is 2.29. The summed E-state index contributed by atoms with van der Waals surface area (Å²) in [7, 11) is 0. The van der Waals surface area contributed by atoms with Gasteiger partial charge in [0.05, 0.1) is 11.0 Å². The molecule has 0 spiro atoms. The first-order valence-corrected chi connectivity index (χ1v) is 7.93. The van der Waals surface area contributed by atoms with Gasteiger partial charge in [-0.15, -0.1) is 0 Å². The number of nitrogens with one attached hydrogen (secondary N) is 2. The van der Waals surface area contributed by atoms with Crippen molar-refractivity contribution in [1.82, 2.24) is 20.2 Å². The van der Waals surface area contributed by atoms with E-state index in [4.69, 9.17) is 0 Å². The molecule has 0 fully saturated rings. The third kappa shape index (κ3) is 2.86. The van der Waals surface area contributed by atoms with E-state index in [1.807, 2.05) is 35.8 Å². The van der Waals surface area contributed by atoms with Crippen LogP contribution in [0.4, 0.5) is 10.7 Å². The number of aromatic nitrogens is 2. The van der Waals surface area contributed by atoms with E-state index in [-0.39, 0.29) is 11.9 Å². The van der Waals surface area contributed by atoms with Crippen molar-refractivity contribution < 1.29 is 9.59 Å². The lowest BCUT2D eigenvalue weighted by atomic mass is 10.3. The Morgan fingerprint density at radius 2 is 2.09 bits per heavy atom. The molecule has 122 valence electrons. The van der Waals surface area contributed by atoms with E-state index in [2.05, 4.69) is 15.6 Å². The second-order valence-electron chi connectivity index (χ2n) is 5.67. The molecular formula is C16H21N5O2. The summed E-state index contributed by atoms with van der Waals surface area (Å²) in [4.78, 5) is 30.4. The van der Waals surface area contributed by atoms with Gasteiger partial charge in [0.15, 0.2) is 0 Å². The summed E-state index contributed by atoms with van der Waals surface area (Å²) in [5.74, 6) is 0.456. The predicted molar refractivity (Wildman–Crippen MR) is 88.4 cm³/mol. The van der Waals surface area contributed by atoms with Gasteiger partial charge < -0.3 is 15.2 Å². The summed E-state index contributed by atoms with van der Waals surface area (Å²) < 4.78 is 2.02. The smallest absolute Gasteiger partial charge is 0.324 e. The molecule has 1 aliphatic rings. The highest BCUT2D eigenvalue weighted by molar-refractivity contribution is 5.96. The van der Waals surface area contributed by atoms with Crippen LogP contribution in [0.15, 0.2) is 24.3 Å². The van der Waals surface area contributed by atoms with Gasteiger partial charge in [-0.1, -0.05) is 19.1 Å². The first-order chi connectivity index (χ1) is 11.1. The summed E-state index contributed by atoms with van der Waals surface area (Å²) in [5, 5.41) is 5.51. The van der Waals surface area contributed by atoms with E-state index in [0.717, 1.165) is 17.5 Å².